The molecule has 0 radical (unpaired) electrons. The van der Waals surface area contributed by atoms with E-state index in [-0.39, 0.29) is 5.76 Å². The van der Waals surface area contributed by atoms with Crippen molar-refractivity contribution in [2.24, 2.45) is 0 Å². The predicted octanol–water partition coefficient (Wildman–Crippen LogP) is 1.79. The fourth-order valence-electron chi connectivity index (χ4n) is 0.837. The number of allylic oxidation sites excluding steroid dienone is 2. The first-order chi connectivity index (χ1) is 4.79. The van der Waals surface area contributed by atoms with Gasteiger partial charge in [-0.1, -0.05) is 18.7 Å². The van der Waals surface area contributed by atoms with Gasteiger partial charge in [0.05, 0.1) is 6.54 Å². The van der Waals surface area contributed by atoms with E-state index in [1.165, 1.54) is 0 Å². The average Bonchev–Trinajstić information content (AvgIpc) is 1.88. The van der Waals surface area contributed by atoms with Crippen molar-refractivity contribution in [2.75, 3.05) is 6.54 Å². The van der Waals surface area contributed by atoms with Crippen LogP contribution in [0.4, 0.5) is 0 Å². The molecule has 0 aliphatic carbocycles. The van der Waals surface area contributed by atoms with E-state index < -0.39 is 0 Å². The normalized spacial score (nSPS) is 15.8. The topological polar surface area (TPSA) is 23.5 Å². The van der Waals surface area contributed by atoms with Crippen LogP contribution in [0.2, 0.25) is 0 Å². The molecule has 0 bridgehead atoms. The van der Waals surface area contributed by atoms with Gasteiger partial charge in [0.15, 0.2) is 0 Å². The molecule has 0 atom stereocenters. The van der Waals surface area contributed by atoms with Crippen molar-refractivity contribution in [1.29, 1.82) is 0 Å². The molecule has 0 spiro atoms. The van der Waals surface area contributed by atoms with Gasteiger partial charge in [-0.2, -0.15) is 0 Å². The Morgan fingerprint density at radius 3 is 2.60 bits per heavy atom. The highest BCUT2D eigenvalue weighted by Crippen LogP contribution is 2.03. The number of nitrogens with zero attached hydrogens (tertiary/aromatic N) is 1. The fraction of sp³-hybridized carbons (Fsp3) is 0.250. The lowest BCUT2D eigenvalue weighted by molar-refractivity contribution is 0.355. The standard InChI is InChI=1S/C8H11NO/c1-8(10)7-9-5-3-2-4-6-9/h3-6,10H,1-2,7H2. The van der Waals surface area contributed by atoms with Gasteiger partial charge in [0.2, 0.25) is 0 Å². The van der Waals surface area contributed by atoms with Crippen LogP contribution in [0.15, 0.2) is 36.9 Å². The Bertz CT molecular complexity index is 170. The van der Waals surface area contributed by atoms with Crippen molar-refractivity contribution < 1.29 is 5.11 Å². The SMILES string of the molecule is C=C(O)CN1C=CCC=C1. The Morgan fingerprint density at radius 1 is 1.50 bits per heavy atom. The number of rotatable bonds is 2. The molecule has 1 rings (SSSR count). The number of hydrogen-bond acceptors (Lipinski definition) is 2. The highest BCUT2D eigenvalue weighted by molar-refractivity contribution is 5.04. The third-order valence-electron chi connectivity index (χ3n) is 1.23. The Balaban J connectivity index is 2.40. The van der Waals surface area contributed by atoms with E-state index in [2.05, 4.69) is 6.58 Å². The smallest absolute Gasteiger partial charge is 0.105 e. The quantitative estimate of drug-likeness (QED) is 0.586. The average molecular weight is 137 g/mol. The number of hydrogen-bond donors (Lipinski definition) is 1. The second-order valence-electron chi connectivity index (χ2n) is 2.24. The van der Waals surface area contributed by atoms with Crippen LogP contribution in [0.3, 0.4) is 0 Å². The van der Waals surface area contributed by atoms with Crippen LogP contribution in [0.1, 0.15) is 6.42 Å². The molecule has 10 heavy (non-hydrogen) atoms. The van der Waals surface area contributed by atoms with Crippen LogP contribution in [0.25, 0.3) is 0 Å². The van der Waals surface area contributed by atoms with Crippen molar-refractivity contribution in [2.45, 2.75) is 6.42 Å². The van der Waals surface area contributed by atoms with Gasteiger partial charge in [-0.3, -0.25) is 0 Å². The van der Waals surface area contributed by atoms with Crippen LogP contribution in [-0.2, 0) is 0 Å². The van der Waals surface area contributed by atoms with E-state index in [4.69, 9.17) is 5.11 Å². The molecule has 1 aliphatic heterocycles. The van der Waals surface area contributed by atoms with Gasteiger partial charge < -0.3 is 10.0 Å². The summed E-state index contributed by atoms with van der Waals surface area (Å²) in [6.07, 6.45) is 8.91. The first-order valence-corrected chi connectivity index (χ1v) is 3.25. The van der Waals surface area contributed by atoms with Crippen LogP contribution in [-0.4, -0.2) is 16.6 Å². The molecule has 0 aromatic rings. The molecule has 0 fully saturated rings. The monoisotopic (exact) mass is 137 g/mol. The van der Waals surface area contributed by atoms with Crippen molar-refractivity contribution >= 4 is 0 Å². The van der Waals surface area contributed by atoms with Crippen LogP contribution < -0.4 is 0 Å². The van der Waals surface area contributed by atoms with E-state index in [0.717, 1.165) is 6.42 Å². The summed E-state index contributed by atoms with van der Waals surface area (Å²) in [4.78, 5) is 1.88. The van der Waals surface area contributed by atoms with Crippen LogP contribution in [0, 0.1) is 0 Å². The molecular formula is C8H11NO. The minimum Gasteiger partial charge on any atom is -0.511 e. The Kier molecular flexibility index (Phi) is 2.15. The number of aliphatic hydroxyl groups is 1. The molecule has 2 heteroatoms. The Labute approximate surface area is 60.8 Å². The molecule has 0 aromatic heterocycles. The van der Waals surface area contributed by atoms with Crippen molar-refractivity contribution in [3.63, 3.8) is 0 Å². The van der Waals surface area contributed by atoms with E-state index in [9.17, 15) is 0 Å². The lowest BCUT2D eigenvalue weighted by Crippen LogP contribution is -2.13. The second-order valence-corrected chi connectivity index (χ2v) is 2.24. The first-order valence-electron chi connectivity index (χ1n) is 3.25. The van der Waals surface area contributed by atoms with E-state index in [1.807, 2.05) is 29.5 Å². The zero-order chi connectivity index (χ0) is 7.40. The Morgan fingerprint density at radius 2 is 2.10 bits per heavy atom. The number of aliphatic hydroxyl groups excluding tert-OH is 1. The summed E-state index contributed by atoms with van der Waals surface area (Å²) >= 11 is 0. The molecule has 1 heterocycles. The van der Waals surface area contributed by atoms with Gasteiger partial charge in [-0.05, 0) is 6.42 Å². The van der Waals surface area contributed by atoms with Gasteiger partial charge in [0, 0.05) is 12.4 Å². The first kappa shape index (κ1) is 6.93. The highest BCUT2D eigenvalue weighted by Gasteiger charge is 1.97. The van der Waals surface area contributed by atoms with E-state index in [1.54, 1.807) is 0 Å². The molecule has 0 unspecified atom stereocenters. The van der Waals surface area contributed by atoms with Gasteiger partial charge >= 0.3 is 0 Å². The summed E-state index contributed by atoms with van der Waals surface area (Å²) in [5.41, 5.74) is 0. The molecule has 0 saturated heterocycles. The zero-order valence-electron chi connectivity index (χ0n) is 5.83. The molecule has 2 nitrogen and oxygen atoms in total. The third-order valence-corrected chi connectivity index (χ3v) is 1.23. The zero-order valence-corrected chi connectivity index (χ0v) is 5.83. The maximum atomic E-state index is 8.80. The highest BCUT2D eigenvalue weighted by atomic mass is 16.3. The maximum absolute atomic E-state index is 8.80. The minimum atomic E-state index is 0.191. The molecule has 0 amide bonds. The maximum Gasteiger partial charge on any atom is 0.105 e. The second kappa shape index (κ2) is 3.11. The summed E-state index contributed by atoms with van der Waals surface area (Å²) in [5, 5.41) is 8.80. The van der Waals surface area contributed by atoms with Gasteiger partial charge in [-0.15, -0.1) is 0 Å². The van der Waals surface area contributed by atoms with Gasteiger partial charge in [-0.25, -0.2) is 0 Å². The predicted molar refractivity (Wildman–Crippen MR) is 41.4 cm³/mol. The summed E-state index contributed by atoms with van der Waals surface area (Å²) < 4.78 is 0. The van der Waals surface area contributed by atoms with Crippen molar-refractivity contribution in [3.8, 4) is 0 Å². The molecule has 54 valence electrons. The third kappa shape index (κ3) is 1.97. The molecule has 0 aromatic carbocycles. The molecule has 0 saturated carbocycles. The molecule has 1 N–H and O–H groups in total. The minimum absolute atomic E-state index is 0.191. The van der Waals surface area contributed by atoms with Crippen LogP contribution >= 0.6 is 0 Å². The molecule has 1 aliphatic rings. The lowest BCUT2D eigenvalue weighted by Gasteiger charge is -2.16. The fourth-order valence-corrected chi connectivity index (χ4v) is 0.837. The summed E-state index contributed by atoms with van der Waals surface area (Å²) in [6, 6.07) is 0. The van der Waals surface area contributed by atoms with E-state index in [0.29, 0.717) is 6.54 Å². The van der Waals surface area contributed by atoms with Gasteiger partial charge in [0.1, 0.15) is 5.76 Å². The van der Waals surface area contributed by atoms with Crippen molar-refractivity contribution in [1.82, 2.24) is 4.90 Å². The lowest BCUT2D eigenvalue weighted by atomic mass is 10.3. The van der Waals surface area contributed by atoms with Crippen LogP contribution in [0.5, 0.6) is 0 Å². The van der Waals surface area contributed by atoms with Gasteiger partial charge in [0.25, 0.3) is 0 Å². The summed E-state index contributed by atoms with van der Waals surface area (Å²) in [6.45, 7) is 3.89. The van der Waals surface area contributed by atoms with E-state index >= 15 is 0 Å². The van der Waals surface area contributed by atoms with Crippen molar-refractivity contribution in [3.05, 3.63) is 36.9 Å². The summed E-state index contributed by atoms with van der Waals surface area (Å²) in [7, 11) is 0. The molecular weight excluding hydrogens is 126 g/mol. The Hall–Kier alpha value is -1.18. The summed E-state index contributed by atoms with van der Waals surface area (Å²) in [5.74, 6) is 0.191. The largest absolute Gasteiger partial charge is 0.511 e.